The molecule has 0 unspecified atom stereocenters. The van der Waals surface area contributed by atoms with Gasteiger partial charge in [0.25, 0.3) is 0 Å². The molecular weight excluding hydrogens is 425 g/mol. The lowest BCUT2D eigenvalue weighted by atomic mass is 10.0. The molecular formula is C24H21F3O5. The highest BCUT2D eigenvalue weighted by atomic mass is 19.4. The van der Waals surface area contributed by atoms with Crippen LogP contribution in [0.15, 0.2) is 66.7 Å². The van der Waals surface area contributed by atoms with Gasteiger partial charge < -0.3 is 19.3 Å². The number of hydrogen-bond acceptors (Lipinski definition) is 4. The van der Waals surface area contributed by atoms with Crippen LogP contribution in [0.1, 0.15) is 11.1 Å². The quantitative estimate of drug-likeness (QED) is 0.420. The molecule has 0 saturated heterocycles. The normalized spacial score (nSPS) is 11.2. The Labute approximate surface area is 183 Å². The van der Waals surface area contributed by atoms with Gasteiger partial charge in [-0.3, -0.25) is 4.79 Å². The molecule has 3 rings (SSSR count). The Kier molecular flexibility index (Phi) is 7.37. The van der Waals surface area contributed by atoms with Crippen molar-refractivity contribution in [3.8, 4) is 28.4 Å². The second-order valence-electron chi connectivity index (χ2n) is 6.93. The lowest BCUT2D eigenvalue weighted by Crippen LogP contribution is -2.06. The standard InChI is InChI=1S/C24H21F3O5/c1-30-9-10-31-21-11-16(13-23(28)29)12-22(15-21)32-20-4-2-3-18(14-20)17-5-7-19(8-6-17)24(25,26)27/h2-8,11-12,14-15H,9-10,13H2,1H3,(H,28,29). The van der Waals surface area contributed by atoms with Gasteiger partial charge in [-0.15, -0.1) is 0 Å². The number of carboxylic acid groups (broad SMARTS) is 1. The van der Waals surface area contributed by atoms with Gasteiger partial charge in [0.15, 0.2) is 0 Å². The van der Waals surface area contributed by atoms with Crippen LogP contribution in [0.4, 0.5) is 13.2 Å². The zero-order valence-corrected chi connectivity index (χ0v) is 17.2. The van der Waals surface area contributed by atoms with E-state index in [1.54, 1.807) is 49.6 Å². The van der Waals surface area contributed by atoms with Gasteiger partial charge in [0.05, 0.1) is 18.6 Å². The molecule has 0 amide bonds. The molecule has 168 valence electrons. The van der Waals surface area contributed by atoms with E-state index in [1.807, 2.05) is 0 Å². The molecule has 8 heteroatoms. The van der Waals surface area contributed by atoms with Crippen LogP contribution in [0.3, 0.4) is 0 Å². The summed E-state index contributed by atoms with van der Waals surface area (Å²) >= 11 is 0. The Bertz CT molecular complexity index is 1060. The number of benzene rings is 3. The Morgan fingerprint density at radius 3 is 2.25 bits per heavy atom. The van der Waals surface area contributed by atoms with Crippen molar-refractivity contribution in [3.63, 3.8) is 0 Å². The lowest BCUT2D eigenvalue weighted by molar-refractivity contribution is -0.138. The first-order valence-electron chi connectivity index (χ1n) is 9.67. The van der Waals surface area contributed by atoms with Crippen molar-refractivity contribution in [2.75, 3.05) is 20.3 Å². The van der Waals surface area contributed by atoms with Crippen molar-refractivity contribution in [1.29, 1.82) is 0 Å². The highest BCUT2D eigenvalue weighted by molar-refractivity contribution is 5.71. The fraction of sp³-hybridized carbons (Fsp3) is 0.208. The minimum atomic E-state index is -4.40. The van der Waals surface area contributed by atoms with Crippen LogP contribution in [0, 0.1) is 0 Å². The van der Waals surface area contributed by atoms with Gasteiger partial charge in [-0.05, 0) is 53.1 Å². The second-order valence-corrected chi connectivity index (χ2v) is 6.93. The Hall–Kier alpha value is -3.52. The van der Waals surface area contributed by atoms with Crippen LogP contribution in [-0.4, -0.2) is 31.4 Å². The Morgan fingerprint density at radius 2 is 1.59 bits per heavy atom. The van der Waals surface area contributed by atoms with Crippen molar-refractivity contribution in [1.82, 2.24) is 0 Å². The maximum absolute atomic E-state index is 12.8. The molecule has 0 radical (unpaired) electrons. The molecule has 0 bridgehead atoms. The molecule has 32 heavy (non-hydrogen) atoms. The SMILES string of the molecule is COCCOc1cc(CC(=O)O)cc(Oc2cccc(-c3ccc(C(F)(F)F)cc3)c2)c1. The topological polar surface area (TPSA) is 65.0 Å². The lowest BCUT2D eigenvalue weighted by Gasteiger charge is -2.13. The van der Waals surface area contributed by atoms with Crippen LogP contribution in [0.5, 0.6) is 17.2 Å². The zero-order chi connectivity index (χ0) is 23.1. The van der Waals surface area contributed by atoms with Gasteiger partial charge in [-0.2, -0.15) is 13.2 Å². The zero-order valence-electron chi connectivity index (χ0n) is 17.2. The number of hydrogen-bond donors (Lipinski definition) is 1. The van der Waals surface area contributed by atoms with Gasteiger partial charge >= 0.3 is 12.1 Å². The highest BCUT2D eigenvalue weighted by Crippen LogP contribution is 2.33. The summed E-state index contributed by atoms with van der Waals surface area (Å²) in [6.45, 7) is 0.657. The van der Waals surface area contributed by atoms with Crippen molar-refractivity contribution in [3.05, 3.63) is 77.9 Å². The summed E-state index contributed by atoms with van der Waals surface area (Å²) in [6.07, 6.45) is -4.60. The fourth-order valence-electron chi connectivity index (χ4n) is 3.02. The second kappa shape index (κ2) is 10.2. The van der Waals surface area contributed by atoms with Crippen molar-refractivity contribution in [2.45, 2.75) is 12.6 Å². The van der Waals surface area contributed by atoms with Crippen molar-refractivity contribution >= 4 is 5.97 Å². The molecule has 0 aliphatic heterocycles. The molecule has 0 spiro atoms. The third-order valence-electron chi connectivity index (χ3n) is 4.47. The first kappa shape index (κ1) is 23.1. The minimum absolute atomic E-state index is 0.205. The van der Waals surface area contributed by atoms with E-state index in [1.165, 1.54) is 12.1 Å². The molecule has 0 heterocycles. The van der Waals surface area contributed by atoms with Crippen LogP contribution in [0.2, 0.25) is 0 Å². The van der Waals surface area contributed by atoms with Crippen LogP contribution in [0.25, 0.3) is 11.1 Å². The van der Waals surface area contributed by atoms with Crippen molar-refractivity contribution in [2.24, 2.45) is 0 Å². The largest absolute Gasteiger partial charge is 0.491 e. The molecule has 0 saturated carbocycles. The number of alkyl halides is 3. The smallest absolute Gasteiger partial charge is 0.416 e. The number of aliphatic carboxylic acids is 1. The van der Waals surface area contributed by atoms with E-state index in [-0.39, 0.29) is 13.0 Å². The monoisotopic (exact) mass is 446 g/mol. The van der Waals surface area contributed by atoms with E-state index < -0.39 is 17.7 Å². The highest BCUT2D eigenvalue weighted by Gasteiger charge is 2.29. The van der Waals surface area contributed by atoms with Gasteiger partial charge in [0, 0.05) is 13.2 Å². The van der Waals surface area contributed by atoms with E-state index in [9.17, 15) is 18.0 Å². The molecule has 0 atom stereocenters. The summed E-state index contributed by atoms with van der Waals surface area (Å²) < 4.78 is 54.8. The van der Waals surface area contributed by atoms with Crippen LogP contribution in [-0.2, 0) is 22.1 Å². The van der Waals surface area contributed by atoms with E-state index in [2.05, 4.69) is 0 Å². The number of rotatable bonds is 9. The number of carbonyl (C=O) groups is 1. The summed E-state index contributed by atoms with van der Waals surface area (Å²) in [4.78, 5) is 11.1. The Balaban J connectivity index is 1.83. The minimum Gasteiger partial charge on any atom is -0.491 e. The molecule has 0 aliphatic rings. The van der Waals surface area contributed by atoms with E-state index in [0.29, 0.717) is 40.5 Å². The first-order valence-corrected chi connectivity index (χ1v) is 9.67. The molecule has 0 fully saturated rings. The van der Waals surface area contributed by atoms with Crippen LogP contribution >= 0.6 is 0 Å². The van der Waals surface area contributed by atoms with Gasteiger partial charge in [-0.25, -0.2) is 0 Å². The third-order valence-corrected chi connectivity index (χ3v) is 4.47. The molecule has 1 N–H and O–H groups in total. The predicted octanol–water partition coefficient (Wildman–Crippen LogP) is 5.82. The summed E-state index contributed by atoms with van der Waals surface area (Å²) in [6, 6.07) is 16.6. The summed E-state index contributed by atoms with van der Waals surface area (Å²) in [5.74, 6) is 0.266. The summed E-state index contributed by atoms with van der Waals surface area (Å²) in [5, 5.41) is 9.11. The van der Waals surface area contributed by atoms with Gasteiger partial charge in [0.2, 0.25) is 0 Å². The summed E-state index contributed by atoms with van der Waals surface area (Å²) in [7, 11) is 1.54. The maximum Gasteiger partial charge on any atom is 0.416 e. The molecule has 5 nitrogen and oxygen atoms in total. The van der Waals surface area contributed by atoms with E-state index in [4.69, 9.17) is 19.3 Å². The molecule has 3 aromatic carbocycles. The van der Waals surface area contributed by atoms with Crippen LogP contribution < -0.4 is 9.47 Å². The number of carboxylic acids is 1. The predicted molar refractivity (Wildman–Crippen MR) is 112 cm³/mol. The third kappa shape index (κ3) is 6.49. The van der Waals surface area contributed by atoms with E-state index >= 15 is 0 Å². The number of halogens is 3. The molecule has 3 aromatic rings. The molecule has 0 aliphatic carbocycles. The Morgan fingerprint density at radius 1 is 0.875 bits per heavy atom. The number of methoxy groups -OCH3 is 1. The average molecular weight is 446 g/mol. The number of ether oxygens (including phenoxy) is 3. The fourth-order valence-corrected chi connectivity index (χ4v) is 3.02. The average Bonchev–Trinajstić information content (AvgIpc) is 2.73. The molecule has 0 aromatic heterocycles. The first-order chi connectivity index (χ1) is 15.2. The van der Waals surface area contributed by atoms with Gasteiger partial charge in [0.1, 0.15) is 23.9 Å². The summed E-state index contributed by atoms with van der Waals surface area (Å²) in [5.41, 5.74) is 1.06. The van der Waals surface area contributed by atoms with E-state index in [0.717, 1.165) is 12.1 Å². The van der Waals surface area contributed by atoms with Gasteiger partial charge in [-0.1, -0.05) is 24.3 Å². The van der Waals surface area contributed by atoms with Crippen molar-refractivity contribution < 1.29 is 37.3 Å². The maximum atomic E-state index is 12.8.